The number of nitrogens with zero attached hydrogens (tertiary/aromatic N) is 2. The largest absolute Gasteiger partial charge is 0.306 e. The topological polar surface area (TPSA) is 37.8 Å². The van der Waals surface area contributed by atoms with Crippen LogP contribution >= 0.6 is 27.3 Å². The van der Waals surface area contributed by atoms with Gasteiger partial charge in [-0.1, -0.05) is 13.0 Å². The van der Waals surface area contributed by atoms with E-state index < -0.39 is 0 Å². The van der Waals surface area contributed by atoms with E-state index in [0.717, 1.165) is 28.5 Å². The molecule has 1 atom stereocenters. The van der Waals surface area contributed by atoms with Crippen LogP contribution in [0.25, 0.3) is 11.0 Å². The van der Waals surface area contributed by atoms with E-state index in [9.17, 15) is 0 Å². The molecule has 3 rings (SSSR count). The summed E-state index contributed by atoms with van der Waals surface area (Å²) in [5.74, 6) is 0. The monoisotopic (exact) mass is 361 g/mol. The van der Waals surface area contributed by atoms with Crippen LogP contribution in [0.2, 0.25) is 0 Å². The van der Waals surface area contributed by atoms with Crippen molar-refractivity contribution < 1.29 is 0 Å². The Bertz CT molecular complexity index is 741. The number of hydrogen-bond acceptors (Lipinski definition) is 4. The molecule has 2 heterocycles. The fraction of sp³-hybridized carbons (Fsp3) is 0.250. The average molecular weight is 362 g/mol. The molecule has 0 fully saturated rings. The van der Waals surface area contributed by atoms with E-state index in [1.807, 2.05) is 6.07 Å². The van der Waals surface area contributed by atoms with Crippen molar-refractivity contribution >= 4 is 38.3 Å². The van der Waals surface area contributed by atoms with Crippen LogP contribution in [0, 0.1) is 0 Å². The van der Waals surface area contributed by atoms with Crippen LogP contribution in [0.4, 0.5) is 0 Å². The number of nitrogens with one attached hydrogen (secondary N) is 1. The first kappa shape index (κ1) is 14.6. The zero-order chi connectivity index (χ0) is 14.7. The second-order valence-corrected chi connectivity index (χ2v) is 6.63. The van der Waals surface area contributed by atoms with Gasteiger partial charge in [-0.25, -0.2) is 0 Å². The number of rotatable bonds is 5. The van der Waals surface area contributed by atoms with Crippen LogP contribution in [0.3, 0.4) is 0 Å². The van der Waals surface area contributed by atoms with Crippen molar-refractivity contribution in [1.29, 1.82) is 0 Å². The van der Waals surface area contributed by atoms with Gasteiger partial charge in [0.05, 0.1) is 17.1 Å². The smallest absolute Gasteiger partial charge is 0.0890 e. The first-order valence-electron chi connectivity index (χ1n) is 6.96. The molecule has 108 valence electrons. The maximum atomic E-state index is 4.41. The summed E-state index contributed by atoms with van der Waals surface area (Å²) in [7, 11) is 0. The van der Waals surface area contributed by atoms with Gasteiger partial charge in [0.15, 0.2) is 0 Å². The van der Waals surface area contributed by atoms with Gasteiger partial charge in [0.2, 0.25) is 0 Å². The number of thiophene rings is 1. The third-order valence-corrected chi connectivity index (χ3v) is 5.27. The summed E-state index contributed by atoms with van der Waals surface area (Å²) in [6.45, 7) is 3.16. The van der Waals surface area contributed by atoms with E-state index in [4.69, 9.17) is 0 Å². The van der Waals surface area contributed by atoms with E-state index in [-0.39, 0.29) is 6.04 Å². The molecule has 3 nitrogen and oxygen atoms in total. The van der Waals surface area contributed by atoms with E-state index in [2.05, 4.69) is 61.7 Å². The highest BCUT2D eigenvalue weighted by Gasteiger charge is 2.18. The highest BCUT2D eigenvalue weighted by Crippen LogP contribution is 2.33. The summed E-state index contributed by atoms with van der Waals surface area (Å²) in [6, 6.07) is 8.59. The summed E-state index contributed by atoms with van der Waals surface area (Å²) in [6.07, 6.45) is 4.57. The number of halogens is 1. The Labute approximate surface area is 136 Å². The Balaban J connectivity index is 2.03. The molecule has 3 aromatic rings. The van der Waals surface area contributed by atoms with Crippen molar-refractivity contribution in [3.05, 3.63) is 57.0 Å². The minimum atomic E-state index is 0.186. The van der Waals surface area contributed by atoms with Crippen molar-refractivity contribution in [2.75, 3.05) is 6.54 Å². The number of aromatic nitrogens is 2. The number of benzene rings is 1. The highest BCUT2D eigenvalue weighted by atomic mass is 79.9. The molecule has 0 bridgehead atoms. The van der Waals surface area contributed by atoms with Gasteiger partial charge in [0.1, 0.15) is 0 Å². The van der Waals surface area contributed by atoms with Crippen molar-refractivity contribution in [2.24, 2.45) is 0 Å². The molecule has 1 unspecified atom stereocenters. The summed E-state index contributed by atoms with van der Waals surface area (Å²) < 4.78 is 1.15. The predicted octanol–water partition coefficient (Wildman–Crippen LogP) is 4.54. The standard InChI is InChI=1S/C16H16BrN3S/c1-2-6-20-15(16-12(17)5-9-21-16)11-3-4-13-14(10-11)19-8-7-18-13/h3-5,7-10,15,20H,2,6H2,1H3. The van der Waals surface area contributed by atoms with Gasteiger partial charge < -0.3 is 5.32 Å². The average Bonchev–Trinajstić information content (AvgIpc) is 2.94. The minimum Gasteiger partial charge on any atom is -0.306 e. The molecule has 0 saturated heterocycles. The quantitative estimate of drug-likeness (QED) is 0.724. The van der Waals surface area contributed by atoms with Gasteiger partial charge in [-0.3, -0.25) is 9.97 Å². The van der Waals surface area contributed by atoms with E-state index in [1.54, 1.807) is 23.7 Å². The molecule has 1 N–H and O–H groups in total. The molecule has 0 radical (unpaired) electrons. The molecule has 21 heavy (non-hydrogen) atoms. The maximum absolute atomic E-state index is 4.41. The molecule has 0 spiro atoms. The van der Waals surface area contributed by atoms with E-state index >= 15 is 0 Å². The maximum Gasteiger partial charge on any atom is 0.0890 e. The Morgan fingerprint density at radius 1 is 1.19 bits per heavy atom. The molecule has 0 aliphatic rings. The van der Waals surface area contributed by atoms with Crippen molar-refractivity contribution in [2.45, 2.75) is 19.4 Å². The molecule has 0 aliphatic heterocycles. The van der Waals surface area contributed by atoms with Crippen molar-refractivity contribution in [3.63, 3.8) is 0 Å². The Hall–Kier alpha value is -1.30. The molecule has 0 amide bonds. The lowest BCUT2D eigenvalue weighted by Crippen LogP contribution is -2.22. The lowest BCUT2D eigenvalue weighted by molar-refractivity contribution is 0.605. The molecule has 1 aromatic carbocycles. The highest BCUT2D eigenvalue weighted by molar-refractivity contribution is 9.10. The third kappa shape index (κ3) is 3.15. The molecule has 2 aromatic heterocycles. The van der Waals surface area contributed by atoms with E-state index in [0.29, 0.717) is 0 Å². The predicted molar refractivity (Wildman–Crippen MR) is 91.7 cm³/mol. The Morgan fingerprint density at radius 2 is 2.00 bits per heavy atom. The summed E-state index contributed by atoms with van der Waals surface area (Å²) in [5.41, 5.74) is 3.09. The van der Waals surface area contributed by atoms with Crippen LogP contribution in [0.1, 0.15) is 29.8 Å². The fourth-order valence-electron chi connectivity index (χ4n) is 2.32. The Morgan fingerprint density at radius 3 is 2.71 bits per heavy atom. The number of hydrogen-bond donors (Lipinski definition) is 1. The molecular weight excluding hydrogens is 346 g/mol. The van der Waals surface area contributed by atoms with Gasteiger partial charge in [-0.05, 0) is 58.0 Å². The lowest BCUT2D eigenvalue weighted by Gasteiger charge is -2.18. The van der Waals surface area contributed by atoms with E-state index in [1.165, 1.54) is 10.4 Å². The second kappa shape index (κ2) is 6.64. The van der Waals surface area contributed by atoms with Gasteiger partial charge >= 0.3 is 0 Å². The minimum absolute atomic E-state index is 0.186. The SMILES string of the molecule is CCCNC(c1ccc2nccnc2c1)c1sccc1Br. The number of fused-ring (bicyclic) bond motifs is 1. The molecule has 5 heteroatoms. The van der Waals surface area contributed by atoms with Gasteiger partial charge in [0, 0.05) is 21.7 Å². The van der Waals surface area contributed by atoms with Crippen LogP contribution in [-0.4, -0.2) is 16.5 Å². The molecule has 0 saturated carbocycles. The summed E-state index contributed by atoms with van der Waals surface area (Å²) >= 11 is 5.41. The molecule has 0 aliphatic carbocycles. The van der Waals surface area contributed by atoms with Crippen LogP contribution in [0.15, 0.2) is 46.5 Å². The van der Waals surface area contributed by atoms with Crippen molar-refractivity contribution in [1.82, 2.24) is 15.3 Å². The summed E-state index contributed by atoms with van der Waals surface area (Å²) in [4.78, 5) is 10.0. The second-order valence-electron chi connectivity index (χ2n) is 4.82. The van der Waals surface area contributed by atoms with Gasteiger partial charge in [-0.15, -0.1) is 11.3 Å². The first-order chi connectivity index (χ1) is 10.3. The van der Waals surface area contributed by atoms with Crippen molar-refractivity contribution in [3.8, 4) is 0 Å². The summed E-state index contributed by atoms with van der Waals surface area (Å²) in [5, 5.41) is 5.74. The zero-order valence-electron chi connectivity index (χ0n) is 11.7. The third-order valence-electron chi connectivity index (χ3n) is 3.33. The van der Waals surface area contributed by atoms with Crippen LogP contribution in [0.5, 0.6) is 0 Å². The van der Waals surface area contributed by atoms with Crippen LogP contribution in [-0.2, 0) is 0 Å². The molecular formula is C16H16BrN3S. The van der Waals surface area contributed by atoms with Crippen LogP contribution < -0.4 is 5.32 Å². The van der Waals surface area contributed by atoms with Gasteiger partial charge in [0.25, 0.3) is 0 Å². The zero-order valence-corrected chi connectivity index (χ0v) is 14.1. The lowest BCUT2D eigenvalue weighted by atomic mass is 10.0. The fourth-order valence-corrected chi connectivity index (χ4v) is 4.03. The first-order valence-corrected chi connectivity index (χ1v) is 8.64. The van der Waals surface area contributed by atoms with Gasteiger partial charge in [-0.2, -0.15) is 0 Å². The Kier molecular flexibility index (Phi) is 4.63. The normalized spacial score (nSPS) is 12.7.